The molecule has 0 unspecified atom stereocenters. The molecule has 0 saturated heterocycles. The van der Waals surface area contributed by atoms with Gasteiger partial charge in [-0.2, -0.15) is 0 Å². The number of halogens is 1. The summed E-state index contributed by atoms with van der Waals surface area (Å²) in [6, 6.07) is 15.4. The summed E-state index contributed by atoms with van der Waals surface area (Å²) < 4.78 is 10.5. The van der Waals surface area contributed by atoms with Gasteiger partial charge in [0.15, 0.2) is 5.96 Å². The Bertz CT molecular complexity index is 647. The average molecular weight is 427 g/mol. The van der Waals surface area contributed by atoms with Crippen LogP contribution in [-0.4, -0.2) is 26.7 Å². The highest BCUT2D eigenvalue weighted by Crippen LogP contribution is 2.18. The van der Waals surface area contributed by atoms with Crippen LogP contribution in [-0.2, 0) is 6.42 Å². The summed E-state index contributed by atoms with van der Waals surface area (Å²) in [6.07, 6.45) is 0.768. The maximum absolute atomic E-state index is 5.90. The number of nitrogens with one attached hydrogen (secondary N) is 1. The smallest absolute Gasteiger partial charge is 0.193 e. The van der Waals surface area contributed by atoms with Crippen LogP contribution in [0.25, 0.3) is 0 Å². The van der Waals surface area contributed by atoms with Gasteiger partial charge in [-0.15, -0.1) is 24.0 Å². The van der Waals surface area contributed by atoms with Crippen LogP contribution >= 0.6 is 24.0 Å². The van der Waals surface area contributed by atoms with Crippen molar-refractivity contribution < 1.29 is 9.47 Å². The number of ether oxygens (including phenoxy) is 2. The van der Waals surface area contributed by atoms with Crippen LogP contribution in [0.5, 0.6) is 11.5 Å². The molecule has 0 amide bonds. The third-order valence-corrected chi connectivity index (χ3v) is 3.20. The van der Waals surface area contributed by atoms with Crippen LogP contribution in [0.1, 0.15) is 5.56 Å². The third kappa shape index (κ3) is 5.97. The topological polar surface area (TPSA) is 68.9 Å². The minimum absolute atomic E-state index is 0. The van der Waals surface area contributed by atoms with Crippen molar-refractivity contribution in [3.63, 3.8) is 0 Å². The first-order valence-electron chi connectivity index (χ1n) is 7.06. The van der Waals surface area contributed by atoms with E-state index in [1.807, 2.05) is 48.5 Å². The van der Waals surface area contributed by atoms with E-state index >= 15 is 0 Å². The monoisotopic (exact) mass is 427 g/mol. The van der Waals surface area contributed by atoms with Gasteiger partial charge in [-0.3, -0.25) is 4.99 Å². The van der Waals surface area contributed by atoms with E-state index < -0.39 is 0 Å². The quantitative estimate of drug-likeness (QED) is 0.422. The minimum atomic E-state index is 0. The first-order valence-corrected chi connectivity index (χ1v) is 7.06. The first-order chi connectivity index (χ1) is 10.7. The van der Waals surface area contributed by atoms with Crippen LogP contribution in [0.2, 0.25) is 0 Å². The van der Waals surface area contributed by atoms with Crippen LogP contribution in [0, 0.1) is 0 Å². The number of methoxy groups -OCH3 is 2. The Morgan fingerprint density at radius 3 is 2.61 bits per heavy atom. The standard InChI is InChI=1S/C17H21N3O2.HI/c1-21-15-8-5-7-14(12-15)20-17(18)19-11-10-13-6-3-4-9-16(13)22-2;/h3-9,12H,10-11H2,1-2H3,(H3,18,19,20);1H. The molecule has 23 heavy (non-hydrogen) atoms. The van der Waals surface area contributed by atoms with Gasteiger partial charge in [0.25, 0.3) is 0 Å². The molecule has 2 aromatic carbocycles. The molecular formula is C17H22IN3O2. The van der Waals surface area contributed by atoms with Gasteiger partial charge < -0.3 is 20.5 Å². The van der Waals surface area contributed by atoms with Gasteiger partial charge in [0, 0.05) is 18.3 Å². The summed E-state index contributed by atoms with van der Waals surface area (Å²) in [5.74, 6) is 2.02. The lowest BCUT2D eigenvalue weighted by Crippen LogP contribution is -2.23. The number of benzene rings is 2. The molecule has 0 radical (unpaired) electrons. The summed E-state index contributed by atoms with van der Waals surface area (Å²) in [5.41, 5.74) is 7.86. The Labute approximate surface area is 153 Å². The average Bonchev–Trinajstić information content (AvgIpc) is 2.55. The Morgan fingerprint density at radius 1 is 1.09 bits per heavy atom. The molecule has 0 bridgehead atoms. The highest BCUT2D eigenvalue weighted by molar-refractivity contribution is 14.0. The number of hydrogen-bond donors (Lipinski definition) is 2. The molecule has 6 heteroatoms. The van der Waals surface area contributed by atoms with E-state index in [2.05, 4.69) is 10.3 Å². The summed E-state index contributed by atoms with van der Waals surface area (Å²) in [6.45, 7) is 0.586. The largest absolute Gasteiger partial charge is 0.497 e. The van der Waals surface area contributed by atoms with Crippen molar-refractivity contribution in [3.8, 4) is 11.5 Å². The second-order valence-electron chi connectivity index (χ2n) is 4.69. The SMILES string of the molecule is COc1cccc(NC(N)=NCCc2ccccc2OC)c1.I. The molecule has 0 atom stereocenters. The van der Waals surface area contributed by atoms with Crippen molar-refractivity contribution in [2.24, 2.45) is 10.7 Å². The van der Waals surface area contributed by atoms with Gasteiger partial charge in [0.2, 0.25) is 0 Å². The lowest BCUT2D eigenvalue weighted by molar-refractivity contribution is 0.410. The minimum Gasteiger partial charge on any atom is -0.497 e. The molecule has 0 heterocycles. The van der Waals surface area contributed by atoms with E-state index in [0.29, 0.717) is 12.5 Å². The third-order valence-electron chi connectivity index (χ3n) is 3.20. The van der Waals surface area contributed by atoms with E-state index in [1.165, 1.54) is 0 Å². The van der Waals surface area contributed by atoms with E-state index in [0.717, 1.165) is 29.2 Å². The van der Waals surface area contributed by atoms with Gasteiger partial charge in [-0.25, -0.2) is 0 Å². The zero-order valence-electron chi connectivity index (χ0n) is 13.3. The lowest BCUT2D eigenvalue weighted by atomic mass is 10.1. The lowest BCUT2D eigenvalue weighted by Gasteiger charge is -2.08. The second-order valence-corrected chi connectivity index (χ2v) is 4.69. The van der Waals surface area contributed by atoms with Gasteiger partial charge in [0.05, 0.1) is 14.2 Å². The predicted molar refractivity (Wildman–Crippen MR) is 105 cm³/mol. The number of nitrogens with two attached hydrogens (primary N) is 1. The van der Waals surface area contributed by atoms with E-state index in [-0.39, 0.29) is 24.0 Å². The van der Waals surface area contributed by atoms with Crippen molar-refractivity contribution in [1.29, 1.82) is 0 Å². The van der Waals surface area contributed by atoms with Gasteiger partial charge in [-0.05, 0) is 30.2 Å². The first kappa shape index (κ1) is 19.1. The van der Waals surface area contributed by atoms with Crippen LogP contribution in [0.15, 0.2) is 53.5 Å². The number of rotatable bonds is 6. The van der Waals surface area contributed by atoms with Crippen LogP contribution in [0.3, 0.4) is 0 Å². The number of hydrogen-bond acceptors (Lipinski definition) is 3. The molecule has 0 aliphatic heterocycles. The van der Waals surface area contributed by atoms with Crippen LogP contribution in [0.4, 0.5) is 5.69 Å². The molecule has 3 N–H and O–H groups in total. The van der Waals surface area contributed by atoms with Crippen molar-refractivity contribution >= 4 is 35.6 Å². The Balaban J connectivity index is 0.00000264. The molecule has 0 aliphatic carbocycles. The zero-order chi connectivity index (χ0) is 15.8. The molecule has 0 aromatic heterocycles. The highest BCUT2D eigenvalue weighted by Gasteiger charge is 2.01. The van der Waals surface area contributed by atoms with Crippen molar-refractivity contribution in [2.75, 3.05) is 26.1 Å². The summed E-state index contributed by atoms with van der Waals surface area (Å²) in [7, 11) is 3.30. The summed E-state index contributed by atoms with van der Waals surface area (Å²) in [5, 5.41) is 3.05. The number of nitrogens with zero attached hydrogens (tertiary/aromatic N) is 1. The molecule has 124 valence electrons. The van der Waals surface area contributed by atoms with Gasteiger partial charge in [-0.1, -0.05) is 24.3 Å². The summed E-state index contributed by atoms with van der Waals surface area (Å²) in [4.78, 5) is 4.33. The van der Waals surface area contributed by atoms with E-state index in [4.69, 9.17) is 15.2 Å². The fourth-order valence-corrected chi connectivity index (χ4v) is 2.09. The van der Waals surface area contributed by atoms with Gasteiger partial charge >= 0.3 is 0 Å². The second kappa shape index (κ2) is 9.94. The van der Waals surface area contributed by atoms with Crippen molar-refractivity contribution in [3.05, 3.63) is 54.1 Å². The fourth-order valence-electron chi connectivity index (χ4n) is 2.09. The van der Waals surface area contributed by atoms with E-state index in [1.54, 1.807) is 14.2 Å². The number of para-hydroxylation sites is 1. The molecule has 0 saturated carbocycles. The highest BCUT2D eigenvalue weighted by atomic mass is 127. The van der Waals surface area contributed by atoms with E-state index in [9.17, 15) is 0 Å². The van der Waals surface area contributed by atoms with Crippen molar-refractivity contribution in [2.45, 2.75) is 6.42 Å². The maximum Gasteiger partial charge on any atom is 0.193 e. The molecular weight excluding hydrogens is 405 g/mol. The summed E-state index contributed by atoms with van der Waals surface area (Å²) >= 11 is 0. The zero-order valence-corrected chi connectivity index (χ0v) is 15.6. The molecule has 0 spiro atoms. The van der Waals surface area contributed by atoms with Crippen LogP contribution < -0.4 is 20.5 Å². The molecule has 5 nitrogen and oxygen atoms in total. The molecule has 0 aliphatic rings. The number of guanidine groups is 1. The molecule has 2 aromatic rings. The Morgan fingerprint density at radius 2 is 1.87 bits per heavy atom. The van der Waals surface area contributed by atoms with Gasteiger partial charge in [0.1, 0.15) is 11.5 Å². The predicted octanol–water partition coefficient (Wildman–Crippen LogP) is 3.29. The molecule has 0 fully saturated rings. The normalized spacial score (nSPS) is 10.6. The molecule has 2 rings (SSSR count). The number of aliphatic imine (C=N–C) groups is 1. The number of anilines is 1. The fraction of sp³-hybridized carbons (Fsp3) is 0.235. The Hall–Kier alpha value is -1.96. The Kier molecular flexibility index (Phi) is 8.25. The van der Waals surface area contributed by atoms with Crippen molar-refractivity contribution in [1.82, 2.24) is 0 Å². The maximum atomic E-state index is 5.90.